The molecular weight excluding hydrogens is 394 g/mol. The molecule has 2 atom stereocenters. The molecule has 2 heterocycles. The molecule has 2 aromatic rings. The van der Waals surface area contributed by atoms with E-state index in [4.69, 9.17) is 11.6 Å². The van der Waals surface area contributed by atoms with Crippen molar-refractivity contribution >= 4 is 29.3 Å². The number of rotatable bonds is 6. The SMILES string of the molecule is CC1CCCN(C(=O)CSc2nnc(C(C)N(C)C)n2-c2ccc(Cl)cc2)C1. The second-order valence-electron chi connectivity index (χ2n) is 7.67. The molecule has 28 heavy (non-hydrogen) atoms. The fourth-order valence-corrected chi connectivity index (χ4v) is 4.33. The van der Waals surface area contributed by atoms with Crippen LogP contribution in [0.4, 0.5) is 0 Å². The van der Waals surface area contributed by atoms with Gasteiger partial charge in [0.15, 0.2) is 11.0 Å². The Labute approximate surface area is 176 Å². The van der Waals surface area contributed by atoms with E-state index < -0.39 is 0 Å². The van der Waals surface area contributed by atoms with Crippen LogP contribution in [0.5, 0.6) is 0 Å². The van der Waals surface area contributed by atoms with Crippen LogP contribution in [0.1, 0.15) is 38.6 Å². The monoisotopic (exact) mass is 421 g/mol. The third kappa shape index (κ3) is 4.88. The molecule has 1 saturated heterocycles. The lowest BCUT2D eigenvalue weighted by atomic mass is 10.0. The van der Waals surface area contributed by atoms with Gasteiger partial charge in [0.1, 0.15) is 0 Å². The normalized spacial score (nSPS) is 18.5. The van der Waals surface area contributed by atoms with Crippen LogP contribution in [0.3, 0.4) is 0 Å². The predicted octanol–water partition coefficient (Wildman–Crippen LogP) is 3.89. The first-order chi connectivity index (χ1) is 13.4. The molecule has 0 aliphatic carbocycles. The maximum atomic E-state index is 12.7. The van der Waals surface area contributed by atoms with Crippen LogP contribution >= 0.6 is 23.4 Å². The number of hydrogen-bond donors (Lipinski definition) is 0. The van der Waals surface area contributed by atoms with Crippen LogP contribution < -0.4 is 0 Å². The number of benzene rings is 1. The molecule has 3 rings (SSSR count). The summed E-state index contributed by atoms with van der Waals surface area (Å²) in [6, 6.07) is 7.70. The van der Waals surface area contributed by atoms with Gasteiger partial charge in [-0.1, -0.05) is 30.3 Å². The van der Waals surface area contributed by atoms with Crippen molar-refractivity contribution in [3.63, 3.8) is 0 Å². The molecule has 0 bridgehead atoms. The van der Waals surface area contributed by atoms with Gasteiger partial charge in [0.05, 0.1) is 11.8 Å². The molecular formula is C20H28ClN5OS. The lowest BCUT2D eigenvalue weighted by Gasteiger charge is -2.30. The van der Waals surface area contributed by atoms with E-state index in [1.807, 2.05) is 47.8 Å². The first-order valence-corrected chi connectivity index (χ1v) is 11.0. The highest BCUT2D eigenvalue weighted by atomic mass is 35.5. The zero-order chi connectivity index (χ0) is 20.3. The smallest absolute Gasteiger partial charge is 0.233 e. The Morgan fingerprint density at radius 3 is 2.68 bits per heavy atom. The van der Waals surface area contributed by atoms with E-state index >= 15 is 0 Å². The zero-order valence-electron chi connectivity index (χ0n) is 16.9. The number of thioether (sulfide) groups is 1. The van der Waals surface area contributed by atoms with E-state index in [-0.39, 0.29) is 11.9 Å². The Morgan fingerprint density at radius 2 is 2.04 bits per heavy atom. The van der Waals surface area contributed by atoms with E-state index in [9.17, 15) is 4.79 Å². The van der Waals surface area contributed by atoms with Crippen molar-refractivity contribution in [1.82, 2.24) is 24.6 Å². The minimum atomic E-state index is 0.0798. The molecule has 0 N–H and O–H groups in total. The molecule has 1 aliphatic rings. The number of nitrogens with zero attached hydrogens (tertiary/aromatic N) is 5. The highest BCUT2D eigenvalue weighted by Gasteiger charge is 2.24. The van der Waals surface area contributed by atoms with Crippen LogP contribution in [-0.4, -0.2) is 63.4 Å². The molecule has 6 nitrogen and oxygen atoms in total. The van der Waals surface area contributed by atoms with Crippen LogP contribution in [0.15, 0.2) is 29.4 Å². The topological polar surface area (TPSA) is 54.3 Å². The first kappa shape index (κ1) is 21.1. The average molecular weight is 422 g/mol. The molecule has 0 radical (unpaired) electrons. The Hall–Kier alpha value is -1.57. The number of aromatic nitrogens is 3. The largest absolute Gasteiger partial charge is 0.342 e. The van der Waals surface area contributed by atoms with E-state index in [1.54, 1.807) is 0 Å². The summed E-state index contributed by atoms with van der Waals surface area (Å²) in [5.74, 6) is 1.96. The maximum Gasteiger partial charge on any atom is 0.233 e. The lowest BCUT2D eigenvalue weighted by molar-refractivity contribution is -0.130. The fraction of sp³-hybridized carbons (Fsp3) is 0.550. The molecule has 2 unspecified atom stereocenters. The average Bonchev–Trinajstić information content (AvgIpc) is 3.09. The first-order valence-electron chi connectivity index (χ1n) is 9.65. The van der Waals surface area contributed by atoms with E-state index in [0.29, 0.717) is 16.7 Å². The van der Waals surface area contributed by atoms with Crippen molar-refractivity contribution in [2.45, 2.75) is 37.9 Å². The maximum absolute atomic E-state index is 12.7. The van der Waals surface area contributed by atoms with Gasteiger partial charge in [-0.15, -0.1) is 10.2 Å². The summed E-state index contributed by atoms with van der Waals surface area (Å²) in [7, 11) is 4.03. The Morgan fingerprint density at radius 1 is 1.32 bits per heavy atom. The van der Waals surface area contributed by atoms with Crippen molar-refractivity contribution in [3.8, 4) is 5.69 Å². The second-order valence-corrected chi connectivity index (χ2v) is 9.05. The van der Waals surface area contributed by atoms with Crippen molar-refractivity contribution in [1.29, 1.82) is 0 Å². The summed E-state index contributed by atoms with van der Waals surface area (Å²) >= 11 is 7.51. The third-order valence-corrected chi connectivity index (χ3v) is 6.39. The molecule has 1 aromatic heterocycles. The minimum absolute atomic E-state index is 0.0798. The van der Waals surface area contributed by atoms with Gasteiger partial charge in [-0.2, -0.15) is 0 Å². The van der Waals surface area contributed by atoms with Gasteiger partial charge >= 0.3 is 0 Å². The fourth-order valence-electron chi connectivity index (χ4n) is 3.34. The highest BCUT2D eigenvalue weighted by Crippen LogP contribution is 2.28. The van der Waals surface area contributed by atoms with Gasteiger partial charge in [-0.05, 0) is 64.0 Å². The summed E-state index contributed by atoms with van der Waals surface area (Å²) in [4.78, 5) is 16.7. The molecule has 8 heteroatoms. The van der Waals surface area contributed by atoms with E-state index in [2.05, 4.69) is 28.9 Å². The standard InChI is InChI=1S/C20H28ClN5OS/c1-14-6-5-11-25(12-14)18(27)13-28-20-23-22-19(15(2)24(3)4)26(20)17-9-7-16(21)8-10-17/h7-10,14-15H,5-6,11-13H2,1-4H3. The number of hydrogen-bond acceptors (Lipinski definition) is 5. The van der Waals surface area contributed by atoms with Crippen molar-refractivity contribution in [3.05, 3.63) is 35.1 Å². The van der Waals surface area contributed by atoms with Gasteiger partial charge in [-0.25, -0.2) is 0 Å². The predicted molar refractivity (Wildman–Crippen MR) is 114 cm³/mol. The van der Waals surface area contributed by atoms with E-state index in [0.717, 1.165) is 36.2 Å². The molecule has 1 aliphatic heterocycles. The Balaban J connectivity index is 1.82. The number of piperidine rings is 1. The third-order valence-electron chi connectivity index (χ3n) is 5.23. The molecule has 1 fully saturated rings. The second kappa shape index (κ2) is 9.29. The van der Waals surface area contributed by atoms with Crippen LogP contribution in [-0.2, 0) is 4.79 Å². The molecule has 0 saturated carbocycles. The summed E-state index contributed by atoms with van der Waals surface area (Å²) < 4.78 is 2.03. The number of carbonyl (C=O) groups is 1. The molecule has 152 valence electrons. The molecule has 1 aromatic carbocycles. The van der Waals surface area contributed by atoms with Gasteiger partial charge in [0, 0.05) is 23.8 Å². The Bertz CT molecular complexity index is 807. The summed E-state index contributed by atoms with van der Waals surface area (Å²) in [5.41, 5.74) is 0.944. The van der Waals surface area contributed by atoms with Crippen molar-refractivity contribution in [2.75, 3.05) is 32.9 Å². The van der Waals surface area contributed by atoms with Crippen LogP contribution in [0.25, 0.3) is 5.69 Å². The summed E-state index contributed by atoms with van der Waals surface area (Å²) in [5, 5.41) is 10.2. The van der Waals surface area contributed by atoms with Gasteiger partial charge < -0.3 is 4.90 Å². The van der Waals surface area contributed by atoms with Crippen LogP contribution in [0.2, 0.25) is 5.02 Å². The van der Waals surface area contributed by atoms with E-state index in [1.165, 1.54) is 18.2 Å². The molecule has 0 spiro atoms. The number of amides is 1. The van der Waals surface area contributed by atoms with Gasteiger partial charge in [-0.3, -0.25) is 14.3 Å². The molecule has 1 amide bonds. The lowest BCUT2D eigenvalue weighted by Crippen LogP contribution is -2.40. The van der Waals surface area contributed by atoms with Crippen molar-refractivity contribution < 1.29 is 4.79 Å². The Kier molecular flexibility index (Phi) is 7.01. The number of likely N-dealkylation sites (tertiary alicyclic amines) is 1. The number of halogens is 1. The minimum Gasteiger partial charge on any atom is -0.342 e. The van der Waals surface area contributed by atoms with Crippen molar-refractivity contribution in [2.24, 2.45) is 5.92 Å². The number of carbonyl (C=O) groups excluding carboxylic acids is 1. The summed E-state index contributed by atoms with van der Waals surface area (Å²) in [6.45, 7) is 6.01. The zero-order valence-corrected chi connectivity index (χ0v) is 18.5. The van der Waals surface area contributed by atoms with Gasteiger partial charge in [0.25, 0.3) is 0 Å². The quantitative estimate of drug-likeness (QED) is 0.662. The summed E-state index contributed by atoms with van der Waals surface area (Å²) in [6.07, 6.45) is 2.29. The highest BCUT2D eigenvalue weighted by molar-refractivity contribution is 7.99. The van der Waals surface area contributed by atoms with Crippen LogP contribution in [0, 0.1) is 5.92 Å². The van der Waals surface area contributed by atoms with Gasteiger partial charge in [0.2, 0.25) is 5.91 Å².